The van der Waals surface area contributed by atoms with Crippen molar-refractivity contribution in [2.75, 3.05) is 5.73 Å². The zero-order valence-electron chi connectivity index (χ0n) is 9.11. The van der Waals surface area contributed by atoms with Gasteiger partial charge in [-0.25, -0.2) is 9.37 Å². The lowest BCUT2D eigenvalue weighted by atomic mass is 10.2. The fraction of sp³-hybridized carbons (Fsp3) is 0.0909. The number of halogens is 2. The summed E-state index contributed by atoms with van der Waals surface area (Å²) < 4.78 is 14.0. The molecule has 7 heteroatoms. The van der Waals surface area contributed by atoms with Crippen molar-refractivity contribution in [2.24, 2.45) is 0 Å². The third-order valence-electron chi connectivity index (χ3n) is 2.18. The lowest BCUT2D eigenvalue weighted by Crippen LogP contribution is -2.24. The molecular weight excluding hydrogens is 321 g/mol. The summed E-state index contributed by atoms with van der Waals surface area (Å²) in [5.41, 5.74) is 5.57. The van der Waals surface area contributed by atoms with Crippen molar-refractivity contribution in [1.82, 2.24) is 10.3 Å². The van der Waals surface area contributed by atoms with Gasteiger partial charge in [0.15, 0.2) is 0 Å². The van der Waals surface area contributed by atoms with Gasteiger partial charge in [-0.1, -0.05) is 0 Å². The quantitative estimate of drug-likeness (QED) is 0.909. The van der Waals surface area contributed by atoms with Crippen molar-refractivity contribution in [1.29, 1.82) is 0 Å². The molecule has 0 atom stereocenters. The predicted octanol–water partition coefficient (Wildman–Crippen LogP) is 2.56. The van der Waals surface area contributed by atoms with Gasteiger partial charge in [0.25, 0.3) is 5.91 Å². The van der Waals surface area contributed by atoms with E-state index in [0.717, 1.165) is 20.9 Å². The molecule has 0 aliphatic carbocycles. The highest BCUT2D eigenvalue weighted by molar-refractivity contribution is 9.11. The average molecular weight is 330 g/mol. The number of hydrogen-bond acceptors (Lipinski definition) is 4. The number of nitrogens with two attached hydrogens (primary N) is 1. The van der Waals surface area contributed by atoms with Crippen LogP contribution in [0.2, 0.25) is 0 Å². The molecule has 2 aromatic heterocycles. The van der Waals surface area contributed by atoms with Crippen molar-refractivity contribution >= 4 is 39.0 Å². The molecule has 2 heterocycles. The Labute approximate surface area is 115 Å². The second-order valence-electron chi connectivity index (χ2n) is 3.47. The Hall–Kier alpha value is -1.47. The Morgan fingerprint density at radius 3 is 3.00 bits per heavy atom. The van der Waals surface area contributed by atoms with Gasteiger partial charge < -0.3 is 11.1 Å². The molecule has 2 rings (SSSR count). The molecule has 1 amide bonds. The third kappa shape index (κ3) is 3.05. The molecule has 0 spiro atoms. The topological polar surface area (TPSA) is 68.0 Å². The van der Waals surface area contributed by atoms with E-state index < -0.39 is 11.7 Å². The number of rotatable bonds is 3. The molecule has 0 radical (unpaired) electrons. The summed E-state index contributed by atoms with van der Waals surface area (Å²) in [7, 11) is 0. The van der Waals surface area contributed by atoms with Crippen LogP contribution < -0.4 is 11.1 Å². The van der Waals surface area contributed by atoms with Crippen molar-refractivity contribution in [3.63, 3.8) is 0 Å². The highest BCUT2D eigenvalue weighted by atomic mass is 79.9. The molecule has 0 unspecified atom stereocenters. The maximum Gasteiger partial charge on any atom is 0.255 e. The van der Waals surface area contributed by atoms with Gasteiger partial charge in [-0.3, -0.25) is 4.79 Å². The lowest BCUT2D eigenvalue weighted by Gasteiger charge is -2.05. The summed E-state index contributed by atoms with van der Waals surface area (Å²) in [6.07, 6.45) is 0.975. The minimum atomic E-state index is -0.590. The number of nitrogens with zero attached hydrogens (tertiary/aromatic N) is 1. The van der Waals surface area contributed by atoms with Gasteiger partial charge >= 0.3 is 0 Å². The van der Waals surface area contributed by atoms with Crippen LogP contribution >= 0.6 is 27.3 Å². The van der Waals surface area contributed by atoms with Crippen LogP contribution in [0.5, 0.6) is 0 Å². The van der Waals surface area contributed by atoms with Crippen LogP contribution in [-0.2, 0) is 6.54 Å². The molecule has 2 aromatic rings. The van der Waals surface area contributed by atoms with Crippen molar-refractivity contribution in [3.05, 3.63) is 44.4 Å². The standard InChI is InChI=1S/C11H9BrFN3OS/c12-9-2-1-7(18-9)5-16-11(17)8-3-6(13)4-15-10(8)14/h1-4H,5H2,(H2,14,15)(H,16,17). The van der Waals surface area contributed by atoms with Crippen LogP contribution in [0.25, 0.3) is 0 Å². The van der Waals surface area contributed by atoms with Gasteiger partial charge in [0.2, 0.25) is 0 Å². The molecule has 3 N–H and O–H groups in total. The first-order valence-electron chi connectivity index (χ1n) is 4.99. The van der Waals surface area contributed by atoms with E-state index in [2.05, 4.69) is 26.2 Å². The van der Waals surface area contributed by atoms with E-state index in [4.69, 9.17) is 5.73 Å². The molecule has 0 aliphatic rings. The fourth-order valence-corrected chi connectivity index (χ4v) is 2.76. The fourth-order valence-electron chi connectivity index (χ4n) is 1.34. The SMILES string of the molecule is Nc1ncc(F)cc1C(=O)NCc1ccc(Br)s1. The van der Waals surface area contributed by atoms with E-state index in [1.807, 2.05) is 12.1 Å². The predicted molar refractivity (Wildman–Crippen MR) is 71.8 cm³/mol. The number of amides is 1. The van der Waals surface area contributed by atoms with Crippen molar-refractivity contribution < 1.29 is 9.18 Å². The average Bonchev–Trinajstić information content (AvgIpc) is 2.75. The number of anilines is 1. The Kier molecular flexibility index (Phi) is 3.93. The minimum absolute atomic E-state index is 0.0151. The first-order chi connectivity index (χ1) is 8.56. The first kappa shape index (κ1) is 13.0. The summed E-state index contributed by atoms with van der Waals surface area (Å²) in [5, 5.41) is 2.66. The molecule has 94 valence electrons. The Morgan fingerprint density at radius 1 is 1.56 bits per heavy atom. The zero-order chi connectivity index (χ0) is 13.1. The highest BCUT2D eigenvalue weighted by Gasteiger charge is 2.12. The molecule has 0 fully saturated rings. The van der Waals surface area contributed by atoms with E-state index in [1.165, 1.54) is 11.3 Å². The molecular formula is C11H9BrFN3OS. The maximum atomic E-state index is 13.0. The zero-order valence-corrected chi connectivity index (χ0v) is 11.5. The molecule has 0 aliphatic heterocycles. The Balaban J connectivity index is 2.05. The van der Waals surface area contributed by atoms with Crippen LogP contribution in [0, 0.1) is 5.82 Å². The van der Waals surface area contributed by atoms with Crippen LogP contribution in [0.15, 0.2) is 28.2 Å². The van der Waals surface area contributed by atoms with Crippen LogP contribution in [0.1, 0.15) is 15.2 Å². The molecule has 0 bridgehead atoms. The second kappa shape index (κ2) is 5.45. The van der Waals surface area contributed by atoms with Gasteiger partial charge in [0.05, 0.1) is 22.1 Å². The van der Waals surface area contributed by atoms with Gasteiger partial charge in [0, 0.05) is 4.88 Å². The Bertz CT molecular complexity index is 587. The first-order valence-corrected chi connectivity index (χ1v) is 6.60. The number of hydrogen-bond donors (Lipinski definition) is 2. The number of nitrogens with one attached hydrogen (secondary N) is 1. The summed E-state index contributed by atoms with van der Waals surface area (Å²) in [4.78, 5) is 16.4. The van der Waals surface area contributed by atoms with Gasteiger partial charge in [-0.05, 0) is 34.1 Å². The summed E-state index contributed by atoms with van der Waals surface area (Å²) >= 11 is 4.84. The van der Waals surface area contributed by atoms with Crippen molar-refractivity contribution in [3.8, 4) is 0 Å². The minimum Gasteiger partial charge on any atom is -0.383 e. The van der Waals surface area contributed by atoms with Gasteiger partial charge in [-0.2, -0.15) is 0 Å². The molecule has 18 heavy (non-hydrogen) atoms. The number of carbonyl (C=O) groups excluding carboxylic acids is 1. The van der Waals surface area contributed by atoms with E-state index in [0.29, 0.717) is 6.54 Å². The second-order valence-corrected chi connectivity index (χ2v) is 6.02. The number of aromatic nitrogens is 1. The molecule has 0 aromatic carbocycles. The summed E-state index contributed by atoms with van der Waals surface area (Å²) in [6.45, 7) is 0.366. The number of pyridine rings is 1. The van der Waals surface area contributed by atoms with Crippen LogP contribution in [0.3, 0.4) is 0 Å². The molecule has 4 nitrogen and oxygen atoms in total. The third-order valence-corrected chi connectivity index (χ3v) is 3.81. The smallest absolute Gasteiger partial charge is 0.255 e. The van der Waals surface area contributed by atoms with Crippen LogP contribution in [-0.4, -0.2) is 10.9 Å². The monoisotopic (exact) mass is 329 g/mol. The van der Waals surface area contributed by atoms with E-state index in [9.17, 15) is 9.18 Å². The number of nitrogen functional groups attached to an aromatic ring is 1. The summed E-state index contributed by atoms with van der Waals surface area (Å²) in [6, 6.07) is 4.86. The van der Waals surface area contributed by atoms with Crippen molar-refractivity contribution in [2.45, 2.75) is 6.54 Å². The molecule has 0 saturated heterocycles. The normalized spacial score (nSPS) is 10.3. The van der Waals surface area contributed by atoms with Gasteiger partial charge in [-0.15, -0.1) is 11.3 Å². The number of thiophene rings is 1. The lowest BCUT2D eigenvalue weighted by molar-refractivity contribution is 0.0951. The van der Waals surface area contributed by atoms with Gasteiger partial charge in [0.1, 0.15) is 11.6 Å². The van der Waals surface area contributed by atoms with Crippen LogP contribution in [0.4, 0.5) is 10.2 Å². The van der Waals surface area contributed by atoms with E-state index >= 15 is 0 Å². The largest absolute Gasteiger partial charge is 0.383 e. The van der Waals surface area contributed by atoms with E-state index in [-0.39, 0.29) is 11.4 Å². The number of carbonyl (C=O) groups is 1. The summed E-state index contributed by atoms with van der Waals surface area (Å²) in [5.74, 6) is -1.02. The highest BCUT2D eigenvalue weighted by Crippen LogP contribution is 2.21. The Morgan fingerprint density at radius 2 is 2.33 bits per heavy atom. The molecule has 0 saturated carbocycles. The maximum absolute atomic E-state index is 13.0. The van der Waals surface area contributed by atoms with E-state index in [1.54, 1.807) is 0 Å².